The van der Waals surface area contributed by atoms with Crippen molar-refractivity contribution >= 4 is 30.2 Å². The number of hydrazine groups is 1. The van der Waals surface area contributed by atoms with Crippen LogP contribution in [0.1, 0.15) is 19.3 Å². The Morgan fingerprint density at radius 2 is 1.83 bits per heavy atom. The monoisotopic (exact) mass is 413 g/mol. The molecule has 5 aliphatic rings. The van der Waals surface area contributed by atoms with Crippen LogP contribution < -0.4 is 31.7 Å². The highest BCUT2D eigenvalue weighted by molar-refractivity contribution is 7.86. The lowest BCUT2D eigenvalue weighted by atomic mass is 10.1. The molecule has 2 saturated heterocycles. The number of hydrogen-bond acceptors (Lipinski definition) is 7. The molecule has 152 valence electrons. The Labute approximate surface area is 170 Å². The lowest BCUT2D eigenvalue weighted by Gasteiger charge is -2.35. The molecule has 1 aromatic rings. The van der Waals surface area contributed by atoms with Gasteiger partial charge in [-0.15, -0.1) is 0 Å². The van der Waals surface area contributed by atoms with Crippen molar-refractivity contribution in [2.45, 2.75) is 19.3 Å². The van der Waals surface area contributed by atoms with Gasteiger partial charge in [0.1, 0.15) is 22.8 Å². The van der Waals surface area contributed by atoms with Gasteiger partial charge in [0.05, 0.1) is 11.1 Å². The van der Waals surface area contributed by atoms with E-state index in [1.165, 1.54) is 19.3 Å². The molecule has 2 fully saturated rings. The SMILES string of the molecule is Fc1cc2c(cc1N1CCNCC1)NC1=C3NNC=C3N=C(N3CCCCC3)P12. The summed E-state index contributed by atoms with van der Waals surface area (Å²) in [6, 6.07) is 3.76. The number of benzene rings is 1. The van der Waals surface area contributed by atoms with E-state index in [4.69, 9.17) is 4.99 Å². The summed E-state index contributed by atoms with van der Waals surface area (Å²) in [5, 5.41) is 8.02. The third-order valence-electron chi connectivity index (χ3n) is 6.20. The minimum atomic E-state index is -0.869. The number of halogens is 1. The molecule has 29 heavy (non-hydrogen) atoms. The third kappa shape index (κ3) is 2.81. The van der Waals surface area contributed by atoms with Crippen molar-refractivity contribution in [2.75, 3.05) is 49.5 Å². The maximum atomic E-state index is 15.2. The van der Waals surface area contributed by atoms with Crippen molar-refractivity contribution in [3.8, 4) is 0 Å². The molecule has 0 aromatic heterocycles. The summed E-state index contributed by atoms with van der Waals surface area (Å²) in [5.74, 6) is -0.127. The lowest BCUT2D eigenvalue weighted by Crippen LogP contribution is -2.44. The second-order valence-corrected chi connectivity index (χ2v) is 10.0. The molecule has 5 heterocycles. The van der Waals surface area contributed by atoms with Crippen LogP contribution in [-0.2, 0) is 0 Å². The van der Waals surface area contributed by atoms with Gasteiger partial charge in [-0.25, -0.2) is 9.38 Å². The number of aliphatic imine (C=N–C) groups is 1. The summed E-state index contributed by atoms with van der Waals surface area (Å²) >= 11 is 0. The summed E-state index contributed by atoms with van der Waals surface area (Å²) in [4.78, 5) is 9.58. The van der Waals surface area contributed by atoms with Crippen LogP contribution in [-0.4, -0.2) is 49.7 Å². The highest BCUT2D eigenvalue weighted by Crippen LogP contribution is 2.58. The van der Waals surface area contributed by atoms with Crippen LogP contribution in [0.5, 0.6) is 0 Å². The van der Waals surface area contributed by atoms with Crippen LogP contribution >= 0.6 is 7.92 Å². The highest BCUT2D eigenvalue weighted by atomic mass is 31.1. The predicted octanol–water partition coefficient (Wildman–Crippen LogP) is 1.74. The van der Waals surface area contributed by atoms with E-state index in [0.29, 0.717) is 5.69 Å². The quantitative estimate of drug-likeness (QED) is 0.526. The van der Waals surface area contributed by atoms with Gasteiger partial charge in [0.25, 0.3) is 0 Å². The number of fused-ring (bicyclic) bond motifs is 4. The number of piperidine rings is 1. The Kier molecular flexibility index (Phi) is 4.16. The Bertz CT molecular complexity index is 944. The zero-order valence-corrected chi connectivity index (χ0v) is 17.2. The first-order valence-electron chi connectivity index (χ1n) is 10.5. The van der Waals surface area contributed by atoms with E-state index < -0.39 is 7.92 Å². The second kappa shape index (κ2) is 6.89. The van der Waals surface area contributed by atoms with Crippen molar-refractivity contribution in [1.82, 2.24) is 21.1 Å². The van der Waals surface area contributed by atoms with Crippen molar-refractivity contribution in [3.05, 3.63) is 41.0 Å². The summed E-state index contributed by atoms with van der Waals surface area (Å²) in [7, 11) is -0.869. The fraction of sp³-hybridized carbons (Fsp3) is 0.450. The third-order valence-corrected chi connectivity index (χ3v) is 8.62. The summed E-state index contributed by atoms with van der Waals surface area (Å²) < 4.78 is 15.2. The van der Waals surface area contributed by atoms with Gasteiger partial charge in [-0.2, -0.15) is 0 Å². The van der Waals surface area contributed by atoms with Gasteiger partial charge < -0.3 is 25.9 Å². The van der Waals surface area contributed by atoms with Crippen molar-refractivity contribution in [2.24, 2.45) is 4.99 Å². The van der Waals surface area contributed by atoms with E-state index in [1.807, 2.05) is 12.3 Å². The summed E-state index contributed by atoms with van der Waals surface area (Å²) in [6.45, 7) is 5.51. The number of nitrogens with zero attached hydrogens (tertiary/aromatic N) is 3. The van der Waals surface area contributed by atoms with Crippen LogP contribution in [0.25, 0.3) is 0 Å². The first-order valence-corrected chi connectivity index (χ1v) is 11.8. The van der Waals surface area contributed by atoms with Gasteiger partial charge in [-0.05, 0) is 31.4 Å². The van der Waals surface area contributed by atoms with Crippen molar-refractivity contribution in [3.63, 3.8) is 0 Å². The number of likely N-dealkylation sites (tertiary alicyclic amines) is 1. The van der Waals surface area contributed by atoms with Gasteiger partial charge in [0.2, 0.25) is 0 Å². The van der Waals surface area contributed by atoms with E-state index in [0.717, 1.165) is 72.7 Å². The van der Waals surface area contributed by atoms with Gasteiger partial charge in [0, 0.05) is 64.4 Å². The molecule has 1 atom stereocenters. The van der Waals surface area contributed by atoms with Crippen LogP contribution in [0.15, 0.2) is 40.2 Å². The minimum Gasteiger partial charge on any atom is -0.367 e. The average Bonchev–Trinajstić information content (AvgIpc) is 3.38. The Hall–Kier alpha value is -2.31. The van der Waals surface area contributed by atoms with Crippen molar-refractivity contribution < 1.29 is 4.39 Å². The number of hydrogen-bond donors (Lipinski definition) is 4. The van der Waals surface area contributed by atoms with Crippen LogP contribution in [0.4, 0.5) is 15.8 Å². The second-order valence-electron chi connectivity index (χ2n) is 8.00. The number of anilines is 2. The first kappa shape index (κ1) is 17.5. The van der Waals surface area contributed by atoms with Gasteiger partial charge in [-0.3, -0.25) is 5.43 Å². The molecule has 9 heteroatoms. The van der Waals surface area contributed by atoms with E-state index in [-0.39, 0.29) is 5.82 Å². The molecule has 4 N–H and O–H groups in total. The van der Waals surface area contributed by atoms with E-state index >= 15 is 4.39 Å². The maximum Gasteiger partial charge on any atom is 0.147 e. The number of rotatable bonds is 1. The first-order chi connectivity index (χ1) is 14.3. The molecule has 6 rings (SSSR count). The smallest absolute Gasteiger partial charge is 0.147 e. The molecule has 5 aliphatic heterocycles. The highest BCUT2D eigenvalue weighted by Gasteiger charge is 2.42. The van der Waals surface area contributed by atoms with Crippen molar-refractivity contribution in [1.29, 1.82) is 0 Å². The van der Waals surface area contributed by atoms with Gasteiger partial charge in [-0.1, -0.05) is 0 Å². The predicted molar refractivity (Wildman–Crippen MR) is 116 cm³/mol. The molecule has 0 bridgehead atoms. The number of nitrogens with one attached hydrogen (secondary N) is 4. The van der Waals surface area contributed by atoms with E-state index in [9.17, 15) is 0 Å². The lowest BCUT2D eigenvalue weighted by molar-refractivity contribution is 0.347. The molecule has 7 nitrogen and oxygen atoms in total. The summed E-state index contributed by atoms with van der Waals surface area (Å²) in [6.07, 6.45) is 5.58. The van der Waals surface area contributed by atoms with Gasteiger partial charge in [0.15, 0.2) is 0 Å². The molecule has 0 aliphatic carbocycles. The van der Waals surface area contributed by atoms with Gasteiger partial charge >= 0.3 is 0 Å². The molecule has 0 saturated carbocycles. The molecule has 1 unspecified atom stereocenters. The zero-order valence-electron chi connectivity index (χ0n) is 16.3. The Morgan fingerprint density at radius 3 is 2.66 bits per heavy atom. The van der Waals surface area contributed by atoms with E-state index in [2.05, 4.69) is 31.3 Å². The Morgan fingerprint density at radius 1 is 1.00 bits per heavy atom. The van der Waals surface area contributed by atoms with Crippen LogP contribution in [0, 0.1) is 5.82 Å². The summed E-state index contributed by atoms with van der Waals surface area (Å²) in [5.41, 5.74) is 12.2. The molecular weight excluding hydrogens is 388 g/mol. The average molecular weight is 413 g/mol. The fourth-order valence-electron chi connectivity index (χ4n) is 4.72. The largest absolute Gasteiger partial charge is 0.367 e. The van der Waals surface area contributed by atoms with E-state index in [1.54, 1.807) is 6.07 Å². The topological polar surface area (TPSA) is 67.0 Å². The standard InChI is InChI=1S/C20H25FN7P/c21-13-10-17-14(11-16(13)27-8-4-22-5-9-27)24-19-18-15(12-23-26-18)25-20(29(17)19)28-6-2-1-3-7-28/h10-12,22-24,26H,1-9H2. The molecule has 0 spiro atoms. The van der Waals surface area contributed by atoms with Crippen LogP contribution in [0.3, 0.4) is 0 Å². The van der Waals surface area contributed by atoms with Crippen LogP contribution in [0.2, 0.25) is 0 Å². The molecule has 0 amide bonds. The minimum absolute atomic E-state index is 0.127. The molecule has 0 radical (unpaired) electrons. The number of piperazine rings is 1. The fourth-order valence-corrected chi connectivity index (χ4v) is 7.29. The normalized spacial score (nSPS) is 25.3. The maximum absolute atomic E-state index is 15.2. The molecule has 1 aromatic carbocycles. The Balaban J connectivity index is 1.43. The number of amidine groups is 1. The zero-order chi connectivity index (χ0) is 19.4. The molecular formula is C20H25FN7P.